The molecular weight excluding hydrogens is 174 g/mol. The minimum absolute atomic E-state index is 0.0577. The van der Waals surface area contributed by atoms with Gasteiger partial charge >= 0.3 is 0 Å². The van der Waals surface area contributed by atoms with E-state index in [1.807, 2.05) is 27.2 Å². The first kappa shape index (κ1) is 11.9. The number of hydrogen-bond acceptors (Lipinski definition) is 2. The van der Waals surface area contributed by atoms with Crippen molar-refractivity contribution in [3.05, 3.63) is 6.42 Å². The van der Waals surface area contributed by atoms with Crippen molar-refractivity contribution in [3.63, 3.8) is 0 Å². The fourth-order valence-corrected chi connectivity index (χ4v) is 1.35. The minimum Gasteiger partial charge on any atom is -0.213 e. The van der Waals surface area contributed by atoms with Gasteiger partial charge in [-0.05, 0) is 11.8 Å². The molecule has 0 aromatic heterocycles. The van der Waals surface area contributed by atoms with Crippen LogP contribution in [0.1, 0.15) is 20.8 Å². The van der Waals surface area contributed by atoms with Gasteiger partial charge in [0.15, 0.2) is 0 Å². The molecule has 12 heavy (non-hydrogen) atoms. The summed E-state index contributed by atoms with van der Waals surface area (Å²) >= 11 is 0. The van der Waals surface area contributed by atoms with Gasteiger partial charge in [0.1, 0.15) is 0 Å². The first-order chi connectivity index (χ1) is 5.19. The molecule has 0 fully saturated rings. The predicted octanol–water partition coefficient (Wildman–Crippen LogP) is 1.13. The molecule has 0 saturated carbocycles. The lowest BCUT2D eigenvalue weighted by atomic mass is 9.90. The van der Waals surface area contributed by atoms with Crippen LogP contribution in [0.5, 0.6) is 0 Å². The van der Waals surface area contributed by atoms with Crippen LogP contribution in [0, 0.1) is 11.8 Å². The Morgan fingerprint density at radius 1 is 1.42 bits per heavy atom. The summed E-state index contributed by atoms with van der Waals surface area (Å²) in [5.41, 5.74) is -0.0577. The molecule has 1 radical (unpaired) electrons. The lowest BCUT2D eigenvalue weighted by Gasteiger charge is -2.27. The maximum atomic E-state index is 11.0. The van der Waals surface area contributed by atoms with Crippen LogP contribution in [0.15, 0.2) is 0 Å². The summed E-state index contributed by atoms with van der Waals surface area (Å²) in [6.07, 6.45) is 3.23. The zero-order valence-corrected chi connectivity index (χ0v) is 9.27. The molecule has 0 aromatic rings. The molecule has 0 heterocycles. The van der Waals surface area contributed by atoms with Crippen molar-refractivity contribution in [2.45, 2.75) is 20.8 Å². The quantitative estimate of drug-likeness (QED) is 0.669. The van der Waals surface area contributed by atoms with E-state index in [2.05, 4.69) is 0 Å². The Bertz CT molecular complexity index is 231. The third kappa shape index (κ3) is 4.07. The van der Waals surface area contributed by atoms with Crippen molar-refractivity contribution in [2.75, 3.05) is 19.8 Å². The van der Waals surface area contributed by atoms with Gasteiger partial charge in [-0.25, -0.2) is 12.7 Å². The predicted molar refractivity (Wildman–Crippen MR) is 51.2 cm³/mol. The molecule has 0 bridgehead atoms. The molecule has 0 amide bonds. The highest BCUT2D eigenvalue weighted by atomic mass is 32.2. The summed E-state index contributed by atoms with van der Waals surface area (Å²) in [4.78, 5) is 0. The fourth-order valence-electron chi connectivity index (χ4n) is 0.782. The number of rotatable bonds is 4. The number of sulfonamides is 1. The average molecular weight is 192 g/mol. The lowest BCUT2D eigenvalue weighted by Crippen LogP contribution is -2.35. The number of nitrogens with zero attached hydrogens (tertiary/aromatic N) is 1. The van der Waals surface area contributed by atoms with Crippen molar-refractivity contribution in [1.82, 2.24) is 4.31 Å². The van der Waals surface area contributed by atoms with Crippen LogP contribution in [-0.2, 0) is 10.0 Å². The molecule has 0 unspecified atom stereocenters. The molecule has 0 saturated heterocycles. The third-order valence-corrected chi connectivity index (χ3v) is 3.24. The van der Waals surface area contributed by atoms with E-state index >= 15 is 0 Å². The Morgan fingerprint density at radius 3 is 2.08 bits per heavy atom. The van der Waals surface area contributed by atoms with E-state index in [1.54, 1.807) is 7.05 Å². The molecule has 0 N–H and O–H groups in total. The van der Waals surface area contributed by atoms with Gasteiger partial charge in [0.05, 0.1) is 6.26 Å². The highest BCUT2D eigenvalue weighted by Crippen LogP contribution is 2.20. The Morgan fingerprint density at radius 2 is 1.83 bits per heavy atom. The normalized spacial score (nSPS) is 13.8. The Hall–Kier alpha value is -0.0900. The van der Waals surface area contributed by atoms with Gasteiger partial charge in [0.25, 0.3) is 0 Å². The van der Waals surface area contributed by atoms with E-state index in [0.29, 0.717) is 6.54 Å². The smallest absolute Gasteiger partial charge is 0.210 e. The summed E-state index contributed by atoms with van der Waals surface area (Å²) in [5.74, 6) is 0. The van der Waals surface area contributed by atoms with Gasteiger partial charge < -0.3 is 0 Å². The van der Waals surface area contributed by atoms with Crippen LogP contribution < -0.4 is 0 Å². The maximum absolute atomic E-state index is 11.0. The van der Waals surface area contributed by atoms with Crippen LogP contribution in [-0.4, -0.2) is 32.6 Å². The zero-order chi connectivity index (χ0) is 9.99. The molecule has 4 heteroatoms. The van der Waals surface area contributed by atoms with Crippen LogP contribution in [0.2, 0.25) is 0 Å². The van der Waals surface area contributed by atoms with Gasteiger partial charge in [0.2, 0.25) is 10.0 Å². The molecule has 0 spiro atoms. The van der Waals surface area contributed by atoms with E-state index < -0.39 is 10.0 Å². The molecule has 3 nitrogen and oxygen atoms in total. The Kier molecular flexibility index (Phi) is 3.72. The van der Waals surface area contributed by atoms with Gasteiger partial charge in [0, 0.05) is 13.6 Å². The Labute approximate surface area is 75.8 Å². The second-order valence-electron chi connectivity index (χ2n) is 3.80. The molecule has 0 aliphatic rings. The summed E-state index contributed by atoms with van der Waals surface area (Å²) in [7, 11) is -1.43. The van der Waals surface area contributed by atoms with Gasteiger partial charge in [-0.1, -0.05) is 20.8 Å². The molecular formula is C8H18NO2S. The van der Waals surface area contributed by atoms with E-state index in [-0.39, 0.29) is 5.41 Å². The van der Waals surface area contributed by atoms with E-state index in [9.17, 15) is 8.42 Å². The zero-order valence-electron chi connectivity index (χ0n) is 8.46. The maximum Gasteiger partial charge on any atom is 0.210 e. The van der Waals surface area contributed by atoms with Crippen LogP contribution in [0.4, 0.5) is 0 Å². The van der Waals surface area contributed by atoms with Crippen molar-refractivity contribution >= 4 is 10.0 Å². The minimum atomic E-state index is -3.03. The second kappa shape index (κ2) is 3.75. The summed E-state index contributed by atoms with van der Waals surface area (Å²) in [6.45, 7) is 6.49. The first-order valence-electron chi connectivity index (χ1n) is 3.91. The highest BCUT2D eigenvalue weighted by molar-refractivity contribution is 7.88. The van der Waals surface area contributed by atoms with Crippen molar-refractivity contribution in [2.24, 2.45) is 5.41 Å². The highest BCUT2D eigenvalue weighted by Gasteiger charge is 2.22. The van der Waals surface area contributed by atoms with Gasteiger partial charge in [-0.2, -0.15) is 0 Å². The van der Waals surface area contributed by atoms with Crippen LogP contribution in [0.25, 0.3) is 0 Å². The van der Waals surface area contributed by atoms with Crippen LogP contribution >= 0.6 is 0 Å². The average Bonchev–Trinajstić information content (AvgIpc) is 1.85. The summed E-state index contributed by atoms with van der Waals surface area (Å²) in [6, 6.07) is 0. The van der Waals surface area contributed by atoms with Crippen molar-refractivity contribution < 1.29 is 8.42 Å². The molecule has 0 aliphatic carbocycles. The standard InChI is InChI=1S/C8H18NO2S/c1-6-8(2,3)7-9(4)12(5,10)11/h6H,7H2,1-5H3. The lowest BCUT2D eigenvalue weighted by molar-refractivity contribution is 0.328. The third-order valence-electron chi connectivity index (χ3n) is 1.98. The van der Waals surface area contributed by atoms with E-state index in [1.165, 1.54) is 10.6 Å². The Balaban J connectivity index is 4.29. The largest absolute Gasteiger partial charge is 0.213 e. The molecule has 0 aromatic carbocycles. The SMILES string of the molecule is C[CH]C(C)(C)CN(C)S(C)(=O)=O. The van der Waals surface area contributed by atoms with Gasteiger partial charge in [-0.15, -0.1) is 0 Å². The molecule has 0 atom stereocenters. The number of hydrogen-bond donors (Lipinski definition) is 0. The van der Waals surface area contributed by atoms with E-state index in [0.717, 1.165) is 0 Å². The van der Waals surface area contributed by atoms with E-state index in [4.69, 9.17) is 0 Å². The summed E-state index contributed by atoms with van der Waals surface area (Å²) in [5, 5.41) is 0. The topological polar surface area (TPSA) is 37.4 Å². The monoisotopic (exact) mass is 192 g/mol. The summed E-state index contributed by atoms with van der Waals surface area (Å²) < 4.78 is 23.4. The molecule has 73 valence electrons. The second-order valence-corrected chi connectivity index (χ2v) is 5.89. The first-order valence-corrected chi connectivity index (χ1v) is 5.76. The molecule has 0 rings (SSSR count). The van der Waals surface area contributed by atoms with Gasteiger partial charge in [-0.3, -0.25) is 0 Å². The van der Waals surface area contributed by atoms with Crippen LogP contribution in [0.3, 0.4) is 0 Å². The van der Waals surface area contributed by atoms with Crippen molar-refractivity contribution in [3.8, 4) is 0 Å². The fraction of sp³-hybridized carbons (Fsp3) is 0.875. The van der Waals surface area contributed by atoms with Crippen molar-refractivity contribution in [1.29, 1.82) is 0 Å². The molecule has 0 aliphatic heterocycles.